The Hall–Kier alpha value is -2.70. The number of aromatic amines is 2. The predicted octanol–water partition coefficient (Wildman–Crippen LogP) is 2.05. The second-order valence-electron chi connectivity index (χ2n) is 5.55. The van der Waals surface area contributed by atoms with Crippen LogP contribution in [0.4, 0.5) is 0 Å². The molecule has 112 valence electrons. The Balaban J connectivity index is 1.67. The Morgan fingerprint density at radius 1 is 1.18 bits per heavy atom. The van der Waals surface area contributed by atoms with Crippen molar-refractivity contribution in [1.82, 2.24) is 30.5 Å². The number of benzene rings is 1. The van der Waals surface area contributed by atoms with Crippen molar-refractivity contribution in [2.45, 2.75) is 25.3 Å². The second-order valence-corrected chi connectivity index (χ2v) is 5.55. The lowest BCUT2D eigenvalue weighted by molar-refractivity contribution is 0.0606. The number of carbonyl (C=O) groups is 1. The van der Waals surface area contributed by atoms with Crippen molar-refractivity contribution >= 4 is 16.9 Å². The van der Waals surface area contributed by atoms with Gasteiger partial charge < -0.3 is 4.90 Å². The van der Waals surface area contributed by atoms with E-state index in [0.29, 0.717) is 11.1 Å². The molecule has 1 aliphatic heterocycles. The summed E-state index contributed by atoms with van der Waals surface area (Å²) in [6, 6.07) is 7.43. The average molecular weight is 296 g/mol. The van der Waals surface area contributed by atoms with Gasteiger partial charge in [0.25, 0.3) is 5.91 Å². The molecule has 7 heteroatoms. The molecule has 0 bridgehead atoms. The van der Waals surface area contributed by atoms with Gasteiger partial charge >= 0.3 is 0 Å². The van der Waals surface area contributed by atoms with Crippen LogP contribution in [-0.2, 0) is 0 Å². The van der Waals surface area contributed by atoms with Gasteiger partial charge in [-0.2, -0.15) is 20.5 Å². The first-order valence-electron chi connectivity index (χ1n) is 7.44. The normalized spacial score (nSPS) is 18.7. The number of H-pyrrole nitrogens is 2. The summed E-state index contributed by atoms with van der Waals surface area (Å²) in [6.07, 6.45) is 4.84. The van der Waals surface area contributed by atoms with Crippen molar-refractivity contribution < 1.29 is 4.79 Å². The van der Waals surface area contributed by atoms with Crippen LogP contribution >= 0.6 is 0 Å². The fourth-order valence-electron chi connectivity index (χ4n) is 3.09. The average Bonchev–Trinajstić information content (AvgIpc) is 3.24. The zero-order valence-electron chi connectivity index (χ0n) is 12.0. The van der Waals surface area contributed by atoms with Crippen molar-refractivity contribution in [3.05, 3.63) is 41.7 Å². The summed E-state index contributed by atoms with van der Waals surface area (Å²) in [5.74, 6) is 0.0317. The SMILES string of the molecule is O=C(c1ccc2n[nH]nc2c1)N1CCCCC1c1ccn[nH]1. The monoisotopic (exact) mass is 296 g/mol. The van der Waals surface area contributed by atoms with Gasteiger partial charge in [-0.3, -0.25) is 9.89 Å². The van der Waals surface area contributed by atoms with Crippen molar-refractivity contribution in [2.24, 2.45) is 0 Å². The van der Waals surface area contributed by atoms with Crippen LogP contribution in [0.25, 0.3) is 11.0 Å². The number of piperidine rings is 1. The Morgan fingerprint density at radius 2 is 2.09 bits per heavy atom. The number of carbonyl (C=O) groups excluding carboxylic acids is 1. The van der Waals surface area contributed by atoms with E-state index in [1.807, 2.05) is 23.1 Å². The van der Waals surface area contributed by atoms with Gasteiger partial charge in [-0.1, -0.05) is 0 Å². The highest BCUT2D eigenvalue weighted by molar-refractivity contribution is 5.97. The molecule has 0 radical (unpaired) electrons. The molecule has 1 amide bonds. The number of amides is 1. The molecular weight excluding hydrogens is 280 g/mol. The molecule has 3 heterocycles. The standard InChI is InChI=1S/C15H16N6O/c22-15(10-4-5-11-13(9-10)19-20-18-11)21-8-2-1-3-14(21)12-6-7-16-17-12/h4-7,9,14H,1-3,8H2,(H,16,17)(H,18,19,20). The molecule has 1 atom stereocenters. The first kappa shape index (κ1) is 13.0. The molecule has 2 aromatic heterocycles. The first-order chi connectivity index (χ1) is 10.8. The van der Waals surface area contributed by atoms with Gasteiger partial charge in [0.05, 0.1) is 11.7 Å². The molecule has 2 N–H and O–H groups in total. The second kappa shape index (κ2) is 5.25. The molecule has 3 aromatic rings. The third kappa shape index (κ3) is 2.14. The van der Waals surface area contributed by atoms with E-state index in [0.717, 1.165) is 37.0 Å². The van der Waals surface area contributed by atoms with Crippen LogP contribution < -0.4 is 0 Å². The first-order valence-corrected chi connectivity index (χ1v) is 7.44. The minimum absolute atomic E-state index is 0.0317. The van der Waals surface area contributed by atoms with Crippen LogP contribution in [0.3, 0.4) is 0 Å². The van der Waals surface area contributed by atoms with E-state index in [2.05, 4.69) is 25.6 Å². The molecule has 1 saturated heterocycles. The van der Waals surface area contributed by atoms with Crippen LogP contribution in [0.1, 0.15) is 41.4 Å². The highest BCUT2D eigenvalue weighted by Crippen LogP contribution is 2.31. The molecule has 1 aliphatic rings. The quantitative estimate of drug-likeness (QED) is 0.757. The number of nitrogens with one attached hydrogen (secondary N) is 2. The number of likely N-dealkylation sites (tertiary alicyclic amines) is 1. The van der Waals surface area contributed by atoms with E-state index in [1.54, 1.807) is 12.3 Å². The molecular formula is C15H16N6O. The number of hydrogen-bond donors (Lipinski definition) is 2. The molecule has 0 spiro atoms. The van der Waals surface area contributed by atoms with Crippen molar-refractivity contribution in [3.63, 3.8) is 0 Å². The summed E-state index contributed by atoms with van der Waals surface area (Å²) in [5, 5.41) is 17.7. The fourth-order valence-corrected chi connectivity index (χ4v) is 3.09. The summed E-state index contributed by atoms with van der Waals surface area (Å²) in [7, 11) is 0. The van der Waals surface area contributed by atoms with E-state index in [9.17, 15) is 4.79 Å². The maximum atomic E-state index is 12.9. The van der Waals surface area contributed by atoms with Gasteiger partial charge in [-0.05, 0) is 43.5 Å². The number of fused-ring (bicyclic) bond motifs is 1. The number of hydrogen-bond acceptors (Lipinski definition) is 4. The summed E-state index contributed by atoms with van der Waals surface area (Å²) >= 11 is 0. The summed E-state index contributed by atoms with van der Waals surface area (Å²) in [6.45, 7) is 0.763. The topological polar surface area (TPSA) is 90.6 Å². The van der Waals surface area contributed by atoms with Crippen molar-refractivity contribution in [1.29, 1.82) is 0 Å². The minimum Gasteiger partial charge on any atom is -0.330 e. The molecule has 1 unspecified atom stereocenters. The lowest BCUT2D eigenvalue weighted by Gasteiger charge is -2.35. The van der Waals surface area contributed by atoms with Gasteiger partial charge in [-0.25, -0.2) is 0 Å². The van der Waals surface area contributed by atoms with E-state index >= 15 is 0 Å². The van der Waals surface area contributed by atoms with Gasteiger partial charge in [0.15, 0.2) is 0 Å². The third-order valence-corrected chi connectivity index (χ3v) is 4.21. The van der Waals surface area contributed by atoms with Crippen LogP contribution in [0.15, 0.2) is 30.5 Å². The van der Waals surface area contributed by atoms with E-state index < -0.39 is 0 Å². The summed E-state index contributed by atoms with van der Waals surface area (Å²) in [5.41, 5.74) is 3.12. The molecule has 7 nitrogen and oxygen atoms in total. The maximum Gasteiger partial charge on any atom is 0.254 e. The fraction of sp³-hybridized carbons (Fsp3) is 0.333. The Bertz CT molecular complexity index is 793. The molecule has 4 rings (SSSR count). The zero-order chi connectivity index (χ0) is 14.9. The Labute approximate surface area is 126 Å². The smallest absolute Gasteiger partial charge is 0.254 e. The zero-order valence-corrected chi connectivity index (χ0v) is 12.0. The lowest BCUT2D eigenvalue weighted by Crippen LogP contribution is -2.38. The lowest BCUT2D eigenvalue weighted by atomic mass is 9.98. The largest absolute Gasteiger partial charge is 0.330 e. The van der Waals surface area contributed by atoms with Crippen molar-refractivity contribution in [2.75, 3.05) is 6.54 Å². The highest BCUT2D eigenvalue weighted by atomic mass is 16.2. The number of rotatable bonds is 2. The number of aromatic nitrogens is 5. The minimum atomic E-state index is 0.0317. The van der Waals surface area contributed by atoms with E-state index in [4.69, 9.17) is 0 Å². The van der Waals surface area contributed by atoms with Crippen LogP contribution in [0, 0.1) is 0 Å². The van der Waals surface area contributed by atoms with E-state index in [-0.39, 0.29) is 11.9 Å². The van der Waals surface area contributed by atoms with Gasteiger partial charge in [0.2, 0.25) is 0 Å². The highest BCUT2D eigenvalue weighted by Gasteiger charge is 2.29. The van der Waals surface area contributed by atoms with Gasteiger partial charge in [0.1, 0.15) is 11.0 Å². The molecule has 1 fully saturated rings. The molecule has 1 aromatic carbocycles. The van der Waals surface area contributed by atoms with Crippen LogP contribution in [0.2, 0.25) is 0 Å². The van der Waals surface area contributed by atoms with Crippen LogP contribution in [-0.4, -0.2) is 43.0 Å². The Kier molecular flexibility index (Phi) is 3.10. The summed E-state index contributed by atoms with van der Waals surface area (Å²) < 4.78 is 0. The number of nitrogens with zero attached hydrogens (tertiary/aromatic N) is 4. The van der Waals surface area contributed by atoms with Crippen molar-refractivity contribution in [3.8, 4) is 0 Å². The van der Waals surface area contributed by atoms with E-state index in [1.165, 1.54) is 0 Å². The maximum absolute atomic E-state index is 12.9. The predicted molar refractivity (Wildman–Crippen MR) is 80.1 cm³/mol. The van der Waals surface area contributed by atoms with Gasteiger partial charge in [-0.15, -0.1) is 0 Å². The molecule has 0 saturated carbocycles. The van der Waals surface area contributed by atoms with Crippen LogP contribution in [0.5, 0.6) is 0 Å². The Morgan fingerprint density at radius 3 is 2.95 bits per heavy atom. The molecule has 0 aliphatic carbocycles. The van der Waals surface area contributed by atoms with Gasteiger partial charge in [0, 0.05) is 18.3 Å². The molecule has 22 heavy (non-hydrogen) atoms. The summed E-state index contributed by atoms with van der Waals surface area (Å²) in [4.78, 5) is 14.8. The third-order valence-electron chi connectivity index (χ3n) is 4.21.